The van der Waals surface area contributed by atoms with Crippen molar-refractivity contribution in [3.8, 4) is 5.75 Å². The van der Waals surface area contributed by atoms with Crippen molar-refractivity contribution in [2.45, 2.75) is 57.2 Å². The fourth-order valence-electron chi connectivity index (χ4n) is 3.24. The first kappa shape index (κ1) is 25.1. The highest BCUT2D eigenvalue weighted by Gasteiger charge is 2.25. The summed E-state index contributed by atoms with van der Waals surface area (Å²) in [6, 6.07) is 6.37. The van der Waals surface area contributed by atoms with Gasteiger partial charge in [0.2, 0.25) is 0 Å². The smallest absolute Gasteiger partial charge is 0.191 e. The molecule has 0 spiro atoms. The van der Waals surface area contributed by atoms with Gasteiger partial charge in [0, 0.05) is 47.4 Å². The van der Waals surface area contributed by atoms with Gasteiger partial charge in [-0.05, 0) is 50.5 Å². The number of hydrogen-bond acceptors (Lipinski definition) is 3. The average Bonchev–Trinajstić information content (AvgIpc) is 2.69. The Morgan fingerprint density at radius 3 is 2.71 bits per heavy atom. The molecule has 1 fully saturated rings. The number of nitrogens with zero attached hydrogens (tertiary/aromatic N) is 1. The molecule has 2 N–H and O–H groups in total. The lowest BCUT2D eigenvalue weighted by Crippen LogP contribution is -2.46. The highest BCUT2D eigenvalue weighted by Crippen LogP contribution is 2.23. The van der Waals surface area contributed by atoms with Gasteiger partial charge in [0.05, 0.1) is 6.61 Å². The van der Waals surface area contributed by atoms with E-state index in [0.717, 1.165) is 50.4 Å². The van der Waals surface area contributed by atoms with Crippen molar-refractivity contribution < 1.29 is 13.3 Å². The molecule has 0 amide bonds. The zero-order valence-corrected chi connectivity index (χ0v) is 19.9. The van der Waals surface area contributed by atoms with E-state index < -0.39 is 10.8 Å². The second-order valence-corrected chi connectivity index (χ2v) is 8.72. The number of halogens is 2. The second kappa shape index (κ2) is 14.1. The molecule has 0 bridgehead atoms. The predicted molar refractivity (Wildman–Crippen MR) is 126 cm³/mol. The Bertz CT molecular complexity index is 616. The van der Waals surface area contributed by atoms with Gasteiger partial charge in [-0.2, -0.15) is 0 Å². The van der Waals surface area contributed by atoms with Crippen molar-refractivity contribution in [1.29, 1.82) is 0 Å². The monoisotopic (exact) mass is 525 g/mol. The zero-order chi connectivity index (χ0) is 19.5. The van der Waals surface area contributed by atoms with Crippen LogP contribution >= 0.6 is 24.0 Å². The van der Waals surface area contributed by atoms with Gasteiger partial charge in [0.15, 0.2) is 5.96 Å². The number of aliphatic imine (C=N–C) groups is 1. The number of ether oxygens (including phenoxy) is 1. The van der Waals surface area contributed by atoms with E-state index in [-0.39, 0.29) is 29.8 Å². The third-order valence-electron chi connectivity index (χ3n) is 4.62. The lowest BCUT2D eigenvalue weighted by molar-refractivity contribution is 0.313. The van der Waals surface area contributed by atoms with Crippen LogP contribution in [0.4, 0.5) is 4.39 Å². The SMILES string of the molecule is CCNC(=NCCCOc1ccc(F)cc1)NC1CCCC(S(=O)CC)C1.I. The summed E-state index contributed by atoms with van der Waals surface area (Å²) in [5.74, 6) is 1.95. The van der Waals surface area contributed by atoms with Crippen molar-refractivity contribution in [1.82, 2.24) is 10.6 Å². The molecular weight excluding hydrogens is 492 g/mol. The number of benzene rings is 1. The summed E-state index contributed by atoms with van der Waals surface area (Å²) >= 11 is 0. The summed E-state index contributed by atoms with van der Waals surface area (Å²) in [7, 11) is -0.721. The standard InChI is InChI=1S/C20H32FN3O2S.HI/c1-3-22-20(24-17-7-5-8-19(15-17)27(25)4-2)23-13-6-14-26-18-11-9-16(21)10-12-18;/h9-12,17,19H,3-8,13-15H2,1-2H3,(H2,22,23,24);1H. The molecule has 1 aliphatic carbocycles. The fourth-order valence-corrected chi connectivity index (χ4v) is 4.59. The van der Waals surface area contributed by atoms with Crippen LogP contribution in [0.5, 0.6) is 5.75 Å². The van der Waals surface area contributed by atoms with Crippen LogP contribution in [0.1, 0.15) is 46.0 Å². The highest BCUT2D eigenvalue weighted by atomic mass is 127. The molecule has 2 rings (SSSR count). The number of rotatable bonds is 9. The Kier molecular flexibility index (Phi) is 12.7. The van der Waals surface area contributed by atoms with Gasteiger partial charge in [0.25, 0.3) is 0 Å². The summed E-state index contributed by atoms with van der Waals surface area (Å²) in [6.07, 6.45) is 4.99. The van der Waals surface area contributed by atoms with E-state index >= 15 is 0 Å². The molecule has 3 unspecified atom stereocenters. The van der Waals surface area contributed by atoms with Crippen LogP contribution in [0.15, 0.2) is 29.3 Å². The van der Waals surface area contributed by atoms with Crippen LogP contribution in [0.25, 0.3) is 0 Å². The van der Waals surface area contributed by atoms with Crippen LogP contribution in [0, 0.1) is 5.82 Å². The van der Waals surface area contributed by atoms with E-state index in [1.807, 2.05) is 13.8 Å². The van der Waals surface area contributed by atoms with Crippen LogP contribution < -0.4 is 15.4 Å². The Morgan fingerprint density at radius 2 is 2.04 bits per heavy atom. The molecule has 1 aromatic rings. The largest absolute Gasteiger partial charge is 0.494 e. The van der Waals surface area contributed by atoms with Gasteiger partial charge in [0.1, 0.15) is 11.6 Å². The van der Waals surface area contributed by atoms with Gasteiger partial charge in [-0.1, -0.05) is 13.3 Å². The van der Waals surface area contributed by atoms with Crippen molar-refractivity contribution >= 4 is 40.7 Å². The first-order chi connectivity index (χ1) is 13.1. The molecule has 1 aliphatic rings. The Balaban J connectivity index is 0.00000392. The summed E-state index contributed by atoms with van der Waals surface area (Å²) in [5, 5.41) is 7.09. The molecular formula is C20H33FIN3O2S. The first-order valence-corrected chi connectivity index (χ1v) is 11.3. The molecule has 0 radical (unpaired) electrons. The van der Waals surface area contributed by atoms with Gasteiger partial charge in [-0.15, -0.1) is 24.0 Å². The molecule has 5 nitrogen and oxygen atoms in total. The summed E-state index contributed by atoms with van der Waals surface area (Å²) < 4.78 is 30.6. The van der Waals surface area contributed by atoms with E-state index in [4.69, 9.17) is 4.74 Å². The first-order valence-electron chi connectivity index (χ1n) is 9.92. The summed E-state index contributed by atoms with van der Waals surface area (Å²) in [5.41, 5.74) is 0. The Hall–Kier alpha value is -0.900. The van der Waals surface area contributed by atoms with Crippen LogP contribution in [-0.2, 0) is 10.8 Å². The quantitative estimate of drug-likeness (QED) is 0.223. The summed E-state index contributed by atoms with van der Waals surface area (Å²) in [4.78, 5) is 4.62. The predicted octanol–water partition coefficient (Wildman–Crippen LogP) is 3.85. The topological polar surface area (TPSA) is 62.7 Å². The van der Waals surface area contributed by atoms with Crippen LogP contribution in [0.2, 0.25) is 0 Å². The van der Waals surface area contributed by atoms with Gasteiger partial charge in [-0.3, -0.25) is 9.20 Å². The van der Waals surface area contributed by atoms with E-state index in [9.17, 15) is 8.60 Å². The van der Waals surface area contributed by atoms with Crippen molar-refractivity contribution in [3.63, 3.8) is 0 Å². The highest BCUT2D eigenvalue weighted by molar-refractivity contribution is 14.0. The molecule has 0 aliphatic heterocycles. The minimum atomic E-state index is -0.721. The van der Waals surface area contributed by atoms with Crippen molar-refractivity contribution in [2.24, 2.45) is 4.99 Å². The van der Waals surface area contributed by atoms with E-state index in [2.05, 4.69) is 15.6 Å². The lowest BCUT2D eigenvalue weighted by Gasteiger charge is -2.30. The van der Waals surface area contributed by atoms with Gasteiger partial charge in [-0.25, -0.2) is 4.39 Å². The Labute approximate surface area is 187 Å². The van der Waals surface area contributed by atoms with Gasteiger partial charge < -0.3 is 15.4 Å². The van der Waals surface area contributed by atoms with E-state index in [1.165, 1.54) is 12.1 Å². The fraction of sp³-hybridized carbons (Fsp3) is 0.650. The molecule has 8 heteroatoms. The maximum atomic E-state index is 12.9. The maximum absolute atomic E-state index is 12.9. The molecule has 0 saturated heterocycles. The number of guanidine groups is 1. The normalized spacial score (nSPS) is 20.8. The minimum Gasteiger partial charge on any atom is -0.494 e. The summed E-state index contributed by atoms with van der Waals surface area (Å²) in [6.45, 7) is 6.02. The molecule has 0 heterocycles. The van der Waals surface area contributed by atoms with Crippen LogP contribution in [0.3, 0.4) is 0 Å². The molecule has 1 saturated carbocycles. The lowest BCUT2D eigenvalue weighted by atomic mass is 9.95. The average molecular weight is 525 g/mol. The van der Waals surface area contributed by atoms with Crippen molar-refractivity contribution in [2.75, 3.05) is 25.4 Å². The van der Waals surface area contributed by atoms with Crippen molar-refractivity contribution in [3.05, 3.63) is 30.1 Å². The maximum Gasteiger partial charge on any atom is 0.191 e. The molecule has 160 valence electrons. The number of nitrogens with one attached hydrogen (secondary N) is 2. The Morgan fingerprint density at radius 1 is 1.29 bits per heavy atom. The third-order valence-corrected chi connectivity index (χ3v) is 6.36. The minimum absolute atomic E-state index is 0. The van der Waals surface area contributed by atoms with E-state index in [1.54, 1.807) is 12.1 Å². The van der Waals surface area contributed by atoms with Gasteiger partial charge >= 0.3 is 0 Å². The molecule has 0 aromatic heterocycles. The van der Waals surface area contributed by atoms with E-state index in [0.29, 0.717) is 30.2 Å². The zero-order valence-electron chi connectivity index (χ0n) is 16.8. The molecule has 28 heavy (non-hydrogen) atoms. The molecule has 3 atom stereocenters. The molecule has 1 aromatic carbocycles. The number of hydrogen-bond donors (Lipinski definition) is 2. The van der Waals surface area contributed by atoms with Crippen LogP contribution in [-0.4, -0.2) is 46.9 Å². The second-order valence-electron chi connectivity index (χ2n) is 6.72. The third kappa shape index (κ3) is 9.07.